The molecule has 2 aromatic rings. The Labute approximate surface area is 208 Å². The number of hydrogen-bond acceptors (Lipinski definition) is 7. The van der Waals surface area contributed by atoms with Crippen LogP contribution in [-0.2, 0) is 9.59 Å². The minimum Gasteiger partial charge on any atom is -0.368 e. The van der Waals surface area contributed by atoms with Gasteiger partial charge in [0, 0.05) is 44.5 Å². The molecule has 0 bridgehead atoms. The second-order valence-electron chi connectivity index (χ2n) is 9.45. The Bertz CT molecular complexity index is 1020. The molecule has 1 amide bonds. The molecule has 4 rings (SSSR count). The summed E-state index contributed by atoms with van der Waals surface area (Å²) in [6.45, 7) is 10.8. The fourth-order valence-corrected chi connectivity index (χ4v) is 4.40. The molecule has 0 spiro atoms. The van der Waals surface area contributed by atoms with E-state index in [1.54, 1.807) is 13.1 Å². The van der Waals surface area contributed by atoms with Crippen LogP contribution in [0.5, 0.6) is 0 Å². The predicted octanol–water partition coefficient (Wildman–Crippen LogP) is 4.93. The molecule has 1 saturated heterocycles. The van der Waals surface area contributed by atoms with Crippen molar-refractivity contribution in [3.8, 4) is 0 Å². The van der Waals surface area contributed by atoms with E-state index in [1.807, 2.05) is 25.0 Å². The van der Waals surface area contributed by atoms with E-state index >= 15 is 0 Å². The van der Waals surface area contributed by atoms with Crippen molar-refractivity contribution in [2.75, 3.05) is 41.7 Å². The van der Waals surface area contributed by atoms with Gasteiger partial charge in [-0.05, 0) is 44.0 Å². The number of allylic oxidation sites excluding steroid dienone is 1. The SMILES string of the molecule is CC(=O)Nc1cnc(Nc2ccc(N3CCN(C(C)=C=O)CC3)cc2)nc1C.CC1CCCCC1. The smallest absolute Gasteiger partial charge is 0.227 e. The van der Waals surface area contributed by atoms with Gasteiger partial charge in [0.25, 0.3) is 0 Å². The highest BCUT2D eigenvalue weighted by molar-refractivity contribution is 5.89. The van der Waals surface area contributed by atoms with Crippen LogP contribution in [-0.4, -0.2) is 52.9 Å². The summed E-state index contributed by atoms with van der Waals surface area (Å²) in [5.74, 6) is 3.33. The van der Waals surface area contributed by atoms with Gasteiger partial charge in [0.05, 0.1) is 23.3 Å². The topological polar surface area (TPSA) is 90.5 Å². The average molecular weight is 479 g/mol. The standard InChI is InChI=1S/C20H24N6O2.C7H14/c1-14(13-27)25-8-10-26(11-9-25)18-6-4-17(5-7-18)24-20-21-12-19(15(2)22-20)23-16(3)28;1-7-5-3-2-4-6-7/h4-7,12H,8-11H2,1-3H3,(H,23,28)(H,21,22,24);7H,2-6H2,1H3. The van der Waals surface area contributed by atoms with Gasteiger partial charge in [-0.3, -0.25) is 4.79 Å². The molecule has 1 saturated carbocycles. The maximum absolute atomic E-state index is 11.2. The summed E-state index contributed by atoms with van der Waals surface area (Å²) in [6.07, 6.45) is 9.03. The second-order valence-corrected chi connectivity index (χ2v) is 9.45. The molecular formula is C27H38N6O2. The van der Waals surface area contributed by atoms with Crippen molar-refractivity contribution in [2.45, 2.75) is 59.8 Å². The van der Waals surface area contributed by atoms with E-state index in [0.29, 0.717) is 23.0 Å². The fraction of sp³-hybridized carbons (Fsp3) is 0.519. The average Bonchev–Trinajstić information content (AvgIpc) is 2.86. The molecule has 0 atom stereocenters. The third kappa shape index (κ3) is 8.11. The Balaban J connectivity index is 0.000000420. The zero-order valence-electron chi connectivity index (χ0n) is 21.4. The lowest BCUT2D eigenvalue weighted by Crippen LogP contribution is -2.45. The Morgan fingerprint density at radius 1 is 1.03 bits per heavy atom. The molecule has 35 heavy (non-hydrogen) atoms. The van der Waals surface area contributed by atoms with Gasteiger partial charge in [-0.15, -0.1) is 0 Å². The van der Waals surface area contributed by atoms with E-state index in [1.165, 1.54) is 39.0 Å². The van der Waals surface area contributed by atoms with Gasteiger partial charge in [0.15, 0.2) is 0 Å². The van der Waals surface area contributed by atoms with Crippen molar-refractivity contribution in [2.24, 2.45) is 5.92 Å². The lowest BCUT2D eigenvalue weighted by Gasteiger charge is -2.36. The van der Waals surface area contributed by atoms with Gasteiger partial charge < -0.3 is 20.4 Å². The minimum atomic E-state index is -0.152. The van der Waals surface area contributed by atoms with Crippen LogP contribution in [0.4, 0.5) is 23.0 Å². The van der Waals surface area contributed by atoms with Crippen LogP contribution in [0.2, 0.25) is 0 Å². The molecule has 2 N–H and O–H groups in total. The summed E-state index contributed by atoms with van der Waals surface area (Å²) < 4.78 is 0. The van der Waals surface area contributed by atoms with Crippen LogP contribution < -0.4 is 15.5 Å². The van der Waals surface area contributed by atoms with E-state index in [-0.39, 0.29) is 5.91 Å². The highest BCUT2D eigenvalue weighted by atomic mass is 16.1. The zero-order valence-corrected chi connectivity index (χ0v) is 21.4. The molecule has 2 heterocycles. The maximum Gasteiger partial charge on any atom is 0.227 e. The summed E-state index contributed by atoms with van der Waals surface area (Å²) >= 11 is 0. The fourth-order valence-electron chi connectivity index (χ4n) is 4.40. The largest absolute Gasteiger partial charge is 0.368 e. The number of rotatable bonds is 5. The van der Waals surface area contributed by atoms with Gasteiger partial charge in [0.1, 0.15) is 5.94 Å². The van der Waals surface area contributed by atoms with E-state index in [2.05, 4.69) is 49.5 Å². The summed E-state index contributed by atoms with van der Waals surface area (Å²) in [4.78, 5) is 34.9. The third-order valence-electron chi connectivity index (χ3n) is 6.57. The van der Waals surface area contributed by atoms with E-state index in [0.717, 1.165) is 43.5 Å². The summed E-state index contributed by atoms with van der Waals surface area (Å²) in [5, 5.41) is 5.88. The van der Waals surface area contributed by atoms with Crippen LogP contribution in [0.15, 0.2) is 36.2 Å². The normalized spacial score (nSPS) is 16.0. The van der Waals surface area contributed by atoms with Crippen molar-refractivity contribution >= 4 is 34.9 Å². The van der Waals surface area contributed by atoms with E-state index < -0.39 is 0 Å². The molecule has 1 aromatic carbocycles. The number of amides is 1. The minimum absolute atomic E-state index is 0.152. The van der Waals surface area contributed by atoms with Crippen LogP contribution >= 0.6 is 0 Å². The first-order chi connectivity index (χ1) is 16.9. The summed E-state index contributed by atoms with van der Waals surface area (Å²) in [7, 11) is 0. The number of carbonyl (C=O) groups is 1. The van der Waals surface area contributed by atoms with Crippen molar-refractivity contribution in [3.63, 3.8) is 0 Å². The number of aromatic nitrogens is 2. The number of piperazine rings is 1. The molecular weight excluding hydrogens is 440 g/mol. The van der Waals surface area contributed by atoms with Gasteiger partial charge >= 0.3 is 0 Å². The highest BCUT2D eigenvalue weighted by Gasteiger charge is 2.17. The van der Waals surface area contributed by atoms with Crippen LogP contribution in [0.3, 0.4) is 0 Å². The van der Waals surface area contributed by atoms with Crippen molar-refractivity contribution in [1.29, 1.82) is 0 Å². The third-order valence-corrected chi connectivity index (χ3v) is 6.57. The number of benzene rings is 1. The molecule has 1 aliphatic carbocycles. The first kappa shape index (κ1) is 26.2. The molecule has 1 aliphatic heterocycles. The highest BCUT2D eigenvalue weighted by Crippen LogP contribution is 2.23. The van der Waals surface area contributed by atoms with Gasteiger partial charge in [0.2, 0.25) is 11.9 Å². The van der Waals surface area contributed by atoms with Crippen molar-refractivity contribution in [3.05, 3.63) is 41.9 Å². The number of nitrogens with one attached hydrogen (secondary N) is 2. The lowest BCUT2D eigenvalue weighted by molar-refractivity contribution is -0.114. The molecule has 8 heteroatoms. The number of aryl methyl sites for hydroxylation is 1. The number of carbonyl (C=O) groups excluding carboxylic acids is 2. The van der Waals surface area contributed by atoms with Crippen molar-refractivity contribution < 1.29 is 9.59 Å². The van der Waals surface area contributed by atoms with Crippen molar-refractivity contribution in [1.82, 2.24) is 14.9 Å². The Kier molecular flexibility index (Phi) is 9.67. The Morgan fingerprint density at radius 3 is 2.20 bits per heavy atom. The van der Waals surface area contributed by atoms with Crippen LogP contribution in [0.1, 0.15) is 58.6 Å². The number of hydrogen-bond donors (Lipinski definition) is 2. The second kappa shape index (κ2) is 12.9. The van der Waals surface area contributed by atoms with Crippen LogP contribution in [0, 0.1) is 12.8 Å². The molecule has 188 valence electrons. The van der Waals surface area contributed by atoms with Gasteiger partial charge in [-0.2, -0.15) is 0 Å². The Hall–Kier alpha value is -3.38. The van der Waals surface area contributed by atoms with Gasteiger partial charge in [-0.25, -0.2) is 14.8 Å². The van der Waals surface area contributed by atoms with Crippen LogP contribution in [0.25, 0.3) is 0 Å². The lowest BCUT2D eigenvalue weighted by atomic mass is 9.91. The predicted molar refractivity (Wildman–Crippen MR) is 142 cm³/mol. The first-order valence-electron chi connectivity index (χ1n) is 12.6. The van der Waals surface area contributed by atoms with E-state index in [4.69, 9.17) is 0 Å². The molecule has 8 nitrogen and oxygen atoms in total. The first-order valence-corrected chi connectivity index (χ1v) is 12.6. The van der Waals surface area contributed by atoms with E-state index in [9.17, 15) is 9.59 Å². The monoisotopic (exact) mass is 478 g/mol. The van der Waals surface area contributed by atoms with Gasteiger partial charge in [-0.1, -0.05) is 39.0 Å². The summed E-state index contributed by atoms with van der Waals surface area (Å²) in [5.41, 5.74) is 3.98. The zero-order chi connectivity index (χ0) is 25.2. The summed E-state index contributed by atoms with van der Waals surface area (Å²) in [6, 6.07) is 8.08. The Morgan fingerprint density at radius 2 is 1.69 bits per heavy atom. The molecule has 0 unspecified atom stereocenters. The molecule has 2 aliphatic rings. The maximum atomic E-state index is 11.2. The molecule has 1 aromatic heterocycles. The number of nitrogens with zero attached hydrogens (tertiary/aromatic N) is 4. The molecule has 0 radical (unpaired) electrons. The molecule has 2 fully saturated rings. The number of anilines is 4. The quantitative estimate of drug-likeness (QED) is 0.589.